The molecule has 2 aromatic rings. The zero-order valence-corrected chi connectivity index (χ0v) is 14.6. The average molecular weight is 419 g/mol. The third kappa shape index (κ3) is 3.79. The van der Waals surface area contributed by atoms with Gasteiger partial charge in [0.2, 0.25) is 0 Å². The molecular weight excluding hydrogens is 403 g/mol. The Morgan fingerprint density at radius 1 is 1.05 bits per heavy atom. The van der Waals surface area contributed by atoms with E-state index in [1.165, 1.54) is 0 Å². The van der Waals surface area contributed by atoms with Gasteiger partial charge in [-0.1, -0.05) is 17.7 Å². The van der Waals surface area contributed by atoms with Gasteiger partial charge in [-0.25, -0.2) is 5.43 Å². The van der Waals surface area contributed by atoms with Crippen LogP contribution in [0.25, 0.3) is 0 Å². The van der Waals surface area contributed by atoms with Crippen molar-refractivity contribution in [1.29, 1.82) is 0 Å². The van der Waals surface area contributed by atoms with Gasteiger partial charge in [0.05, 0.1) is 25.3 Å². The molecule has 6 heteroatoms. The van der Waals surface area contributed by atoms with E-state index in [-0.39, 0.29) is 6.04 Å². The van der Waals surface area contributed by atoms with E-state index in [1.54, 1.807) is 14.2 Å². The fourth-order valence-electron chi connectivity index (χ4n) is 2.07. The lowest BCUT2D eigenvalue weighted by atomic mass is 9.99. The SMILES string of the molecule is COc1cc(OC)cc(C(NN)c2ccc(I)c(Cl)c2)c1. The third-order valence-corrected chi connectivity index (χ3v) is 4.72. The van der Waals surface area contributed by atoms with Crippen LogP contribution in [-0.2, 0) is 0 Å². The summed E-state index contributed by atoms with van der Waals surface area (Å²) in [4.78, 5) is 0. The fourth-order valence-corrected chi connectivity index (χ4v) is 2.60. The van der Waals surface area contributed by atoms with E-state index in [2.05, 4.69) is 28.0 Å². The quantitative estimate of drug-likeness (QED) is 0.443. The number of nitrogens with two attached hydrogens (primary N) is 1. The van der Waals surface area contributed by atoms with Crippen molar-refractivity contribution in [1.82, 2.24) is 5.43 Å². The maximum atomic E-state index is 6.19. The van der Waals surface area contributed by atoms with Crippen LogP contribution in [0.15, 0.2) is 36.4 Å². The lowest BCUT2D eigenvalue weighted by Crippen LogP contribution is -2.28. The second-order valence-electron chi connectivity index (χ2n) is 4.42. The van der Waals surface area contributed by atoms with Crippen molar-refractivity contribution < 1.29 is 9.47 Å². The maximum absolute atomic E-state index is 6.19. The summed E-state index contributed by atoms with van der Waals surface area (Å²) < 4.78 is 11.6. The van der Waals surface area contributed by atoms with Gasteiger partial charge < -0.3 is 9.47 Å². The lowest BCUT2D eigenvalue weighted by Gasteiger charge is -2.19. The Labute approximate surface area is 142 Å². The number of hydrogen-bond donors (Lipinski definition) is 2. The summed E-state index contributed by atoms with van der Waals surface area (Å²) >= 11 is 8.38. The molecular formula is C15H16ClIN2O2. The molecule has 0 aliphatic heterocycles. The van der Waals surface area contributed by atoms with Gasteiger partial charge in [0, 0.05) is 9.64 Å². The molecule has 2 aromatic carbocycles. The second-order valence-corrected chi connectivity index (χ2v) is 5.99. The van der Waals surface area contributed by atoms with Crippen molar-refractivity contribution in [2.45, 2.75) is 6.04 Å². The number of benzene rings is 2. The molecule has 0 amide bonds. The Morgan fingerprint density at radius 2 is 1.67 bits per heavy atom. The van der Waals surface area contributed by atoms with E-state index in [4.69, 9.17) is 26.9 Å². The third-order valence-electron chi connectivity index (χ3n) is 3.15. The van der Waals surface area contributed by atoms with Crippen LogP contribution in [0.4, 0.5) is 0 Å². The molecule has 112 valence electrons. The highest BCUT2D eigenvalue weighted by molar-refractivity contribution is 14.1. The van der Waals surface area contributed by atoms with Crippen LogP contribution < -0.4 is 20.7 Å². The molecule has 0 aliphatic rings. The molecule has 0 aromatic heterocycles. The molecule has 3 N–H and O–H groups in total. The van der Waals surface area contributed by atoms with Crippen molar-refractivity contribution >= 4 is 34.2 Å². The van der Waals surface area contributed by atoms with Gasteiger partial charge in [-0.3, -0.25) is 5.84 Å². The van der Waals surface area contributed by atoms with Crippen LogP contribution >= 0.6 is 34.2 Å². The number of nitrogens with one attached hydrogen (secondary N) is 1. The van der Waals surface area contributed by atoms with Crippen LogP contribution in [0.3, 0.4) is 0 Å². The van der Waals surface area contributed by atoms with E-state index >= 15 is 0 Å². The first-order valence-electron chi connectivity index (χ1n) is 6.23. The minimum Gasteiger partial charge on any atom is -0.497 e. The minimum absolute atomic E-state index is 0.205. The summed E-state index contributed by atoms with van der Waals surface area (Å²) in [7, 11) is 3.23. The monoisotopic (exact) mass is 418 g/mol. The average Bonchev–Trinajstić information content (AvgIpc) is 2.51. The van der Waals surface area contributed by atoms with Gasteiger partial charge in [0.15, 0.2) is 0 Å². The van der Waals surface area contributed by atoms with Crippen molar-refractivity contribution in [3.8, 4) is 11.5 Å². The van der Waals surface area contributed by atoms with Gasteiger partial charge >= 0.3 is 0 Å². The molecule has 0 aliphatic carbocycles. The Balaban J connectivity index is 2.47. The zero-order valence-electron chi connectivity index (χ0n) is 11.7. The van der Waals surface area contributed by atoms with Gasteiger partial charge in [0.25, 0.3) is 0 Å². The summed E-state index contributed by atoms with van der Waals surface area (Å²) in [6.45, 7) is 0. The molecule has 1 unspecified atom stereocenters. The van der Waals surface area contributed by atoms with Gasteiger partial charge in [0.1, 0.15) is 11.5 Å². The van der Waals surface area contributed by atoms with Crippen molar-refractivity contribution in [3.63, 3.8) is 0 Å². The summed E-state index contributed by atoms with van der Waals surface area (Å²) in [5, 5.41) is 0.697. The Morgan fingerprint density at radius 3 is 2.14 bits per heavy atom. The smallest absolute Gasteiger partial charge is 0.122 e. The second kappa shape index (κ2) is 7.31. The molecule has 0 heterocycles. The van der Waals surface area contributed by atoms with Crippen LogP contribution in [0.1, 0.15) is 17.2 Å². The largest absolute Gasteiger partial charge is 0.497 e. The molecule has 21 heavy (non-hydrogen) atoms. The lowest BCUT2D eigenvalue weighted by molar-refractivity contribution is 0.392. The first-order chi connectivity index (χ1) is 10.1. The molecule has 0 spiro atoms. The number of halogens is 2. The first kappa shape index (κ1) is 16.4. The van der Waals surface area contributed by atoms with E-state index in [0.29, 0.717) is 16.5 Å². The standard InChI is InChI=1S/C15H16ClIN2O2/c1-20-11-5-10(6-12(8-11)21-2)15(19-18)9-3-4-14(17)13(16)7-9/h3-8,15,19H,18H2,1-2H3. The molecule has 0 bridgehead atoms. The van der Waals surface area contributed by atoms with Gasteiger partial charge in [-0.2, -0.15) is 0 Å². The predicted molar refractivity (Wildman–Crippen MR) is 92.9 cm³/mol. The molecule has 0 saturated heterocycles. The number of methoxy groups -OCH3 is 2. The van der Waals surface area contributed by atoms with Crippen molar-refractivity contribution in [2.24, 2.45) is 5.84 Å². The summed E-state index contributed by atoms with van der Waals surface area (Å²) in [5.74, 6) is 7.15. The van der Waals surface area contributed by atoms with Crippen molar-refractivity contribution in [2.75, 3.05) is 14.2 Å². The summed E-state index contributed by atoms with van der Waals surface area (Å²) in [5.41, 5.74) is 4.72. The number of hydrogen-bond acceptors (Lipinski definition) is 4. The van der Waals surface area contributed by atoms with Crippen molar-refractivity contribution in [3.05, 3.63) is 56.1 Å². The minimum atomic E-state index is -0.205. The molecule has 2 rings (SSSR count). The van der Waals surface area contributed by atoms with E-state index in [9.17, 15) is 0 Å². The zero-order chi connectivity index (χ0) is 15.4. The predicted octanol–water partition coefficient (Wildman–Crippen LogP) is 3.51. The van der Waals surface area contributed by atoms with E-state index in [0.717, 1.165) is 14.7 Å². The van der Waals surface area contributed by atoms with Crippen LogP contribution in [0.5, 0.6) is 11.5 Å². The number of hydrazine groups is 1. The van der Waals surface area contributed by atoms with Gasteiger partial charge in [-0.15, -0.1) is 0 Å². The highest BCUT2D eigenvalue weighted by Crippen LogP contribution is 2.31. The van der Waals surface area contributed by atoms with E-state index in [1.807, 2.05) is 36.4 Å². The molecule has 1 atom stereocenters. The normalized spacial score (nSPS) is 12.0. The van der Waals surface area contributed by atoms with E-state index < -0.39 is 0 Å². The Hall–Kier alpha value is -1.02. The topological polar surface area (TPSA) is 56.5 Å². The van der Waals surface area contributed by atoms with Crippen LogP contribution in [0.2, 0.25) is 5.02 Å². The summed E-state index contributed by atoms with van der Waals surface area (Å²) in [6, 6.07) is 11.3. The molecule has 4 nitrogen and oxygen atoms in total. The Bertz CT molecular complexity index is 615. The molecule has 0 radical (unpaired) electrons. The maximum Gasteiger partial charge on any atom is 0.122 e. The fraction of sp³-hybridized carbons (Fsp3) is 0.200. The molecule has 0 fully saturated rings. The number of ether oxygens (including phenoxy) is 2. The van der Waals surface area contributed by atoms with Gasteiger partial charge in [-0.05, 0) is 58.0 Å². The highest BCUT2D eigenvalue weighted by atomic mass is 127. The van der Waals surface area contributed by atoms with Crippen LogP contribution in [-0.4, -0.2) is 14.2 Å². The number of rotatable bonds is 5. The Kier molecular flexibility index (Phi) is 5.69. The summed E-state index contributed by atoms with van der Waals surface area (Å²) in [6.07, 6.45) is 0. The highest BCUT2D eigenvalue weighted by Gasteiger charge is 2.16. The first-order valence-corrected chi connectivity index (χ1v) is 7.68. The van der Waals surface area contributed by atoms with Crippen LogP contribution in [0, 0.1) is 3.57 Å². The molecule has 0 saturated carbocycles.